The van der Waals surface area contributed by atoms with Gasteiger partial charge < -0.3 is 19.9 Å². The summed E-state index contributed by atoms with van der Waals surface area (Å²) in [7, 11) is 3.47. The smallest absolute Gasteiger partial charge is 0.328 e. The number of likely N-dealkylation sites (N-methyl/N-ethyl adjacent to an activating group) is 2. The van der Waals surface area contributed by atoms with E-state index < -0.39 is 12.2 Å². The number of halogens is 2. The normalized spacial score (nSPS) is 27.4. The minimum Gasteiger partial charge on any atom is -0.379 e. The van der Waals surface area contributed by atoms with E-state index in [0.717, 1.165) is 12.0 Å². The van der Waals surface area contributed by atoms with Crippen molar-refractivity contribution in [3.63, 3.8) is 0 Å². The third-order valence-corrected chi connectivity index (χ3v) is 6.06. The zero-order chi connectivity index (χ0) is 20.0. The van der Waals surface area contributed by atoms with Crippen LogP contribution in [0.3, 0.4) is 0 Å². The summed E-state index contributed by atoms with van der Waals surface area (Å²) in [5, 5.41) is 4.14. The predicted molar refractivity (Wildman–Crippen MR) is 105 cm³/mol. The highest BCUT2D eigenvalue weighted by Gasteiger charge is 2.51. The summed E-state index contributed by atoms with van der Waals surface area (Å²) in [5.41, 5.74) is 0.728. The topological polar surface area (TPSA) is 77.5 Å². The van der Waals surface area contributed by atoms with Crippen molar-refractivity contribution in [1.29, 1.82) is 0 Å². The summed E-state index contributed by atoms with van der Waals surface area (Å²) < 4.78 is 5.39. The molecule has 0 radical (unpaired) electrons. The first kappa shape index (κ1) is 19.3. The lowest BCUT2D eigenvalue weighted by Crippen LogP contribution is -2.64. The summed E-state index contributed by atoms with van der Waals surface area (Å²) in [4.78, 5) is 35.1. The Balaban J connectivity index is 1.54. The molecule has 10 heteroatoms. The number of benzene rings is 1. The van der Waals surface area contributed by atoms with Gasteiger partial charge >= 0.3 is 6.03 Å². The minimum absolute atomic E-state index is 0.120. The first-order valence-corrected chi connectivity index (χ1v) is 9.79. The molecular formula is C18H21Cl2N5O3. The summed E-state index contributed by atoms with van der Waals surface area (Å²) >= 11 is 12.0. The molecule has 3 amide bonds. The predicted octanol–water partition coefficient (Wildman–Crippen LogP) is 1.76. The zero-order valence-electron chi connectivity index (χ0n) is 15.6. The lowest BCUT2D eigenvalue weighted by atomic mass is 10.1. The molecule has 2 fully saturated rings. The zero-order valence-corrected chi connectivity index (χ0v) is 17.1. The number of nitrogens with zero attached hydrogens (tertiary/aromatic N) is 4. The van der Waals surface area contributed by atoms with Gasteiger partial charge in [0.15, 0.2) is 18.2 Å². The van der Waals surface area contributed by atoms with E-state index in [1.54, 1.807) is 30.1 Å². The van der Waals surface area contributed by atoms with Crippen LogP contribution in [0.1, 0.15) is 12.0 Å². The third-order valence-electron chi connectivity index (χ3n) is 5.32. The summed E-state index contributed by atoms with van der Waals surface area (Å²) in [5.74, 6) is 0.319. The fourth-order valence-corrected chi connectivity index (χ4v) is 4.02. The number of hydrogen-bond donors (Lipinski definition) is 1. The van der Waals surface area contributed by atoms with Gasteiger partial charge in [-0.1, -0.05) is 29.3 Å². The molecule has 1 N–H and O–H groups in total. The van der Waals surface area contributed by atoms with E-state index in [0.29, 0.717) is 29.2 Å². The molecule has 0 aliphatic carbocycles. The quantitative estimate of drug-likeness (QED) is 0.797. The lowest BCUT2D eigenvalue weighted by molar-refractivity contribution is -0.137. The number of imide groups is 1. The number of carbonyl (C=O) groups excluding carboxylic acids is 2. The molecule has 3 aliphatic rings. The monoisotopic (exact) mass is 425 g/mol. The highest BCUT2D eigenvalue weighted by atomic mass is 35.5. The first-order valence-electron chi connectivity index (χ1n) is 9.04. The van der Waals surface area contributed by atoms with Crippen molar-refractivity contribution in [2.24, 2.45) is 4.99 Å². The van der Waals surface area contributed by atoms with Crippen molar-refractivity contribution in [3.05, 3.63) is 33.8 Å². The van der Waals surface area contributed by atoms with Crippen LogP contribution >= 0.6 is 23.2 Å². The van der Waals surface area contributed by atoms with E-state index in [4.69, 9.17) is 27.9 Å². The molecule has 150 valence electrons. The average Bonchev–Trinajstić information content (AvgIpc) is 3.29. The Kier molecular flexibility index (Phi) is 5.11. The van der Waals surface area contributed by atoms with E-state index in [2.05, 4.69) is 10.3 Å². The molecule has 2 unspecified atom stereocenters. The lowest BCUT2D eigenvalue weighted by Gasteiger charge is -2.40. The van der Waals surface area contributed by atoms with Gasteiger partial charge in [0.25, 0.3) is 5.91 Å². The SMILES string of the molecule is CN1C(=O)N(Cc2ccc(Cl)c(Cl)c2)C(=O)C2C1N=C(N[C@H]1CCOC1)N2C. The molecular weight excluding hydrogens is 405 g/mol. The number of urea groups is 1. The maximum Gasteiger partial charge on any atom is 0.328 e. The number of nitrogens with one attached hydrogen (secondary N) is 1. The molecule has 1 aromatic rings. The fourth-order valence-electron chi connectivity index (χ4n) is 3.70. The van der Waals surface area contributed by atoms with Crippen LogP contribution < -0.4 is 5.32 Å². The van der Waals surface area contributed by atoms with Crippen LogP contribution in [0.25, 0.3) is 0 Å². The Morgan fingerprint density at radius 2 is 2.00 bits per heavy atom. The van der Waals surface area contributed by atoms with Gasteiger partial charge in [-0.3, -0.25) is 9.69 Å². The molecule has 8 nitrogen and oxygen atoms in total. The number of hydrogen-bond acceptors (Lipinski definition) is 6. The number of guanidine groups is 1. The van der Waals surface area contributed by atoms with Crippen LogP contribution in [0.4, 0.5) is 4.79 Å². The van der Waals surface area contributed by atoms with Crippen LogP contribution in [-0.2, 0) is 16.1 Å². The number of carbonyl (C=O) groups is 2. The van der Waals surface area contributed by atoms with Crippen LogP contribution in [0.5, 0.6) is 0 Å². The van der Waals surface area contributed by atoms with E-state index in [9.17, 15) is 9.59 Å². The largest absolute Gasteiger partial charge is 0.379 e. The van der Waals surface area contributed by atoms with Gasteiger partial charge in [0.2, 0.25) is 0 Å². The molecule has 3 atom stereocenters. The molecule has 3 aliphatic heterocycles. The summed E-state index contributed by atoms with van der Waals surface area (Å²) in [6, 6.07) is 4.27. The van der Waals surface area contributed by atoms with Crippen molar-refractivity contribution in [1.82, 2.24) is 20.0 Å². The van der Waals surface area contributed by atoms with Crippen LogP contribution in [-0.4, -0.2) is 78.2 Å². The molecule has 0 bridgehead atoms. The first-order chi connectivity index (χ1) is 13.4. The molecule has 3 heterocycles. The highest BCUT2D eigenvalue weighted by molar-refractivity contribution is 6.42. The van der Waals surface area contributed by atoms with Gasteiger partial charge in [0.1, 0.15) is 0 Å². The molecule has 0 spiro atoms. The Morgan fingerprint density at radius 1 is 1.21 bits per heavy atom. The second-order valence-electron chi connectivity index (χ2n) is 7.19. The molecule has 1 aromatic carbocycles. The highest BCUT2D eigenvalue weighted by Crippen LogP contribution is 2.29. The number of fused-ring (bicyclic) bond motifs is 1. The van der Waals surface area contributed by atoms with Crippen molar-refractivity contribution in [2.75, 3.05) is 27.3 Å². The Hall–Kier alpha value is -2.03. The standard InChI is InChI=1S/C18H21Cl2N5O3/c1-23-14-15(22-17(23)21-11-5-6-28-9-11)24(2)18(27)25(16(14)26)8-10-3-4-12(19)13(20)7-10/h3-4,7,11,14-15H,5-6,8-9H2,1-2H3,(H,21,22)/t11-,14?,15?/m0/s1. The van der Waals surface area contributed by atoms with Crippen molar-refractivity contribution < 1.29 is 14.3 Å². The maximum absolute atomic E-state index is 13.2. The fraction of sp³-hybridized carbons (Fsp3) is 0.500. The number of ether oxygens (including phenoxy) is 1. The van der Waals surface area contributed by atoms with Crippen LogP contribution in [0, 0.1) is 0 Å². The van der Waals surface area contributed by atoms with Crippen molar-refractivity contribution in [2.45, 2.75) is 31.2 Å². The summed E-state index contributed by atoms with van der Waals surface area (Å²) in [6.45, 7) is 1.43. The van der Waals surface area contributed by atoms with E-state index >= 15 is 0 Å². The average molecular weight is 426 g/mol. The van der Waals surface area contributed by atoms with Crippen LogP contribution in [0.2, 0.25) is 10.0 Å². The minimum atomic E-state index is -0.574. The third kappa shape index (κ3) is 3.29. The summed E-state index contributed by atoms with van der Waals surface area (Å²) in [6.07, 6.45) is 0.328. The van der Waals surface area contributed by atoms with E-state index in [1.807, 2.05) is 7.05 Å². The molecule has 2 saturated heterocycles. The van der Waals surface area contributed by atoms with Gasteiger partial charge in [0, 0.05) is 20.7 Å². The molecule has 28 heavy (non-hydrogen) atoms. The molecule has 4 rings (SSSR count). The van der Waals surface area contributed by atoms with Gasteiger partial charge in [0.05, 0.1) is 29.2 Å². The number of rotatable bonds is 3. The molecule has 0 saturated carbocycles. The maximum atomic E-state index is 13.2. The van der Waals surface area contributed by atoms with E-state index in [-0.39, 0.29) is 24.5 Å². The van der Waals surface area contributed by atoms with E-state index in [1.165, 1.54) is 9.80 Å². The second kappa shape index (κ2) is 7.42. The van der Waals surface area contributed by atoms with Crippen molar-refractivity contribution >= 4 is 41.1 Å². The van der Waals surface area contributed by atoms with Gasteiger partial charge in [-0.2, -0.15) is 0 Å². The van der Waals surface area contributed by atoms with Crippen LogP contribution in [0.15, 0.2) is 23.2 Å². The van der Waals surface area contributed by atoms with Gasteiger partial charge in [-0.25, -0.2) is 9.79 Å². The Morgan fingerprint density at radius 3 is 2.68 bits per heavy atom. The van der Waals surface area contributed by atoms with Gasteiger partial charge in [-0.05, 0) is 24.1 Å². The van der Waals surface area contributed by atoms with Gasteiger partial charge in [-0.15, -0.1) is 0 Å². The number of aliphatic imine (C=N–C) groups is 1. The second-order valence-corrected chi connectivity index (χ2v) is 8.01. The molecule has 0 aromatic heterocycles. The Labute approximate surface area is 173 Å². The number of amides is 3. The Bertz CT molecular complexity index is 843. The van der Waals surface area contributed by atoms with Crippen molar-refractivity contribution in [3.8, 4) is 0 Å².